The van der Waals surface area contributed by atoms with Crippen LogP contribution in [0.2, 0.25) is 0 Å². The standard InChI is InChI=1S/C18H22N2/c1-19-13-15-8-10-18(11-9-15)20-12-4-7-16-5-2-3-6-17(16)14-20/h2-3,5-6,8-11,19H,4,7,12-14H2,1H3. The van der Waals surface area contributed by atoms with Crippen molar-refractivity contribution in [3.63, 3.8) is 0 Å². The Morgan fingerprint density at radius 1 is 1.00 bits per heavy atom. The zero-order valence-corrected chi connectivity index (χ0v) is 12.1. The van der Waals surface area contributed by atoms with E-state index in [2.05, 4.69) is 58.7 Å². The molecule has 0 amide bonds. The van der Waals surface area contributed by atoms with Crippen molar-refractivity contribution in [2.24, 2.45) is 0 Å². The Labute approximate surface area is 121 Å². The van der Waals surface area contributed by atoms with E-state index in [9.17, 15) is 0 Å². The Morgan fingerprint density at radius 2 is 1.75 bits per heavy atom. The van der Waals surface area contributed by atoms with Crippen LogP contribution in [-0.2, 0) is 19.5 Å². The molecule has 104 valence electrons. The summed E-state index contributed by atoms with van der Waals surface area (Å²) in [6.07, 6.45) is 2.43. The number of hydrogen-bond acceptors (Lipinski definition) is 2. The van der Waals surface area contributed by atoms with Crippen LogP contribution in [0.15, 0.2) is 48.5 Å². The van der Waals surface area contributed by atoms with Gasteiger partial charge in [0, 0.05) is 25.3 Å². The highest BCUT2D eigenvalue weighted by molar-refractivity contribution is 5.49. The molecule has 1 N–H and O–H groups in total. The Hall–Kier alpha value is -1.80. The van der Waals surface area contributed by atoms with Gasteiger partial charge < -0.3 is 10.2 Å². The lowest BCUT2D eigenvalue weighted by molar-refractivity contribution is 0.764. The first-order chi connectivity index (χ1) is 9.86. The van der Waals surface area contributed by atoms with Gasteiger partial charge in [-0.05, 0) is 48.7 Å². The number of aryl methyl sites for hydroxylation is 1. The Balaban J connectivity index is 1.80. The molecule has 0 aromatic heterocycles. The van der Waals surface area contributed by atoms with Gasteiger partial charge in [-0.3, -0.25) is 0 Å². The molecule has 0 fully saturated rings. The fourth-order valence-electron chi connectivity index (χ4n) is 2.95. The first kappa shape index (κ1) is 13.2. The lowest BCUT2D eigenvalue weighted by Crippen LogP contribution is -2.22. The average Bonchev–Trinajstić information content (AvgIpc) is 2.70. The van der Waals surface area contributed by atoms with Crippen molar-refractivity contribution in [1.82, 2.24) is 5.32 Å². The Morgan fingerprint density at radius 3 is 2.50 bits per heavy atom. The molecular weight excluding hydrogens is 244 g/mol. The van der Waals surface area contributed by atoms with Crippen LogP contribution >= 0.6 is 0 Å². The van der Waals surface area contributed by atoms with Crippen molar-refractivity contribution in [2.75, 3.05) is 18.5 Å². The number of hydrogen-bond donors (Lipinski definition) is 1. The fraction of sp³-hybridized carbons (Fsp3) is 0.333. The summed E-state index contributed by atoms with van der Waals surface area (Å²) in [5.74, 6) is 0. The minimum absolute atomic E-state index is 0.934. The smallest absolute Gasteiger partial charge is 0.0432 e. The first-order valence-electron chi connectivity index (χ1n) is 7.42. The second kappa shape index (κ2) is 6.10. The van der Waals surface area contributed by atoms with Crippen molar-refractivity contribution in [3.05, 3.63) is 65.2 Å². The average molecular weight is 266 g/mol. The summed E-state index contributed by atoms with van der Waals surface area (Å²) in [6.45, 7) is 3.10. The maximum atomic E-state index is 3.19. The molecule has 20 heavy (non-hydrogen) atoms. The third-order valence-electron chi connectivity index (χ3n) is 4.04. The second-order valence-electron chi connectivity index (χ2n) is 5.49. The minimum Gasteiger partial charge on any atom is -0.367 e. The Kier molecular flexibility index (Phi) is 4.03. The van der Waals surface area contributed by atoms with Gasteiger partial charge in [-0.15, -0.1) is 0 Å². The van der Waals surface area contributed by atoms with Crippen LogP contribution in [0, 0.1) is 0 Å². The molecule has 0 radical (unpaired) electrons. The SMILES string of the molecule is CNCc1ccc(N2CCCc3ccccc3C2)cc1. The molecule has 0 spiro atoms. The van der Waals surface area contributed by atoms with Crippen LogP contribution in [0.1, 0.15) is 23.1 Å². The monoisotopic (exact) mass is 266 g/mol. The molecule has 0 saturated carbocycles. The molecule has 0 aliphatic carbocycles. The van der Waals surface area contributed by atoms with E-state index in [1.54, 1.807) is 0 Å². The summed E-state index contributed by atoms with van der Waals surface area (Å²) in [4.78, 5) is 2.50. The minimum atomic E-state index is 0.934. The highest BCUT2D eigenvalue weighted by atomic mass is 15.1. The van der Waals surface area contributed by atoms with Crippen LogP contribution in [0.25, 0.3) is 0 Å². The van der Waals surface area contributed by atoms with E-state index in [1.807, 2.05) is 7.05 Å². The van der Waals surface area contributed by atoms with Gasteiger partial charge in [0.1, 0.15) is 0 Å². The van der Waals surface area contributed by atoms with E-state index in [0.717, 1.165) is 19.6 Å². The Bertz CT molecular complexity index is 560. The summed E-state index contributed by atoms with van der Waals surface area (Å²) in [6, 6.07) is 17.8. The summed E-state index contributed by atoms with van der Waals surface area (Å²) >= 11 is 0. The molecule has 0 saturated heterocycles. The van der Waals surface area contributed by atoms with Crippen LogP contribution in [0.3, 0.4) is 0 Å². The van der Waals surface area contributed by atoms with Crippen molar-refractivity contribution >= 4 is 5.69 Å². The predicted molar refractivity (Wildman–Crippen MR) is 85.0 cm³/mol. The zero-order valence-electron chi connectivity index (χ0n) is 12.1. The first-order valence-corrected chi connectivity index (χ1v) is 7.42. The van der Waals surface area contributed by atoms with E-state index >= 15 is 0 Å². The maximum Gasteiger partial charge on any atom is 0.0432 e. The van der Waals surface area contributed by atoms with Crippen molar-refractivity contribution in [3.8, 4) is 0 Å². The predicted octanol–water partition coefficient (Wildman–Crippen LogP) is 3.36. The summed E-state index contributed by atoms with van der Waals surface area (Å²) < 4.78 is 0. The van der Waals surface area contributed by atoms with Gasteiger partial charge in [-0.1, -0.05) is 36.4 Å². The van der Waals surface area contributed by atoms with Gasteiger partial charge in [0.2, 0.25) is 0 Å². The highest BCUT2D eigenvalue weighted by Gasteiger charge is 2.14. The molecule has 0 atom stereocenters. The lowest BCUT2D eigenvalue weighted by Gasteiger charge is -2.23. The van der Waals surface area contributed by atoms with Crippen molar-refractivity contribution in [2.45, 2.75) is 25.9 Å². The number of nitrogens with one attached hydrogen (secondary N) is 1. The number of anilines is 1. The zero-order chi connectivity index (χ0) is 13.8. The molecule has 2 aromatic carbocycles. The van der Waals surface area contributed by atoms with Gasteiger partial charge >= 0.3 is 0 Å². The normalized spacial score (nSPS) is 14.8. The third kappa shape index (κ3) is 2.86. The van der Waals surface area contributed by atoms with Crippen LogP contribution in [0.5, 0.6) is 0 Å². The molecule has 1 aliphatic heterocycles. The highest BCUT2D eigenvalue weighted by Crippen LogP contribution is 2.24. The summed E-state index contributed by atoms with van der Waals surface area (Å²) in [7, 11) is 1.99. The van der Waals surface area contributed by atoms with Gasteiger partial charge in [0.05, 0.1) is 0 Å². The van der Waals surface area contributed by atoms with E-state index in [1.165, 1.54) is 35.2 Å². The maximum absolute atomic E-state index is 3.19. The molecule has 2 heteroatoms. The number of nitrogens with zero attached hydrogens (tertiary/aromatic N) is 1. The molecule has 0 bridgehead atoms. The van der Waals surface area contributed by atoms with Crippen LogP contribution < -0.4 is 10.2 Å². The van der Waals surface area contributed by atoms with Gasteiger partial charge in [0.25, 0.3) is 0 Å². The van der Waals surface area contributed by atoms with Gasteiger partial charge in [-0.2, -0.15) is 0 Å². The van der Waals surface area contributed by atoms with Gasteiger partial charge in [-0.25, -0.2) is 0 Å². The molecule has 2 aromatic rings. The fourth-order valence-corrected chi connectivity index (χ4v) is 2.95. The second-order valence-corrected chi connectivity index (χ2v) is 5.49. The topological polar surface area (TPSA) is 15.3 Å². The van der Waals surface area contributed by atoms with Gasteiger partial charge in [0.15, 0.2) is 0 Å². The van der Waals surface area contributed by atoms with E-state index in [-0.39, 0.29) is 0 Å². The summed E-state index contributed by atoms with van der Waals surface area (Å²) in [5.41, 5.74) is 5.67. The summed E-state index contributed by atoms with van der Waals surface area (Å²) in [5, 5.41) is 3.19. The molecule has 1 heterocycles. The molecule has 0 unspecified atom stereocenters. The van der Waals surface area contributed by atoms with Crippen molar-refractivity contribution < 1.29 is 0 Å². The quantitative estimate of drug-likeness (QED) is 0.916. The lowest BCUT2D eigenvalue weighted by atomic mass is 10.0. The van der Waals surface area contributed by atoms with E-state index in [4.69, 9.17) is 0 Å². The van der Waals surface area contributed by atoms with E-state index < -0.39 is 0 Å². The molecule has 1 aliphatic rings. The molecule has 2 nitrogen and oxygen atoms in total. The van der Waals surface area contributed by atoms with Crippen LogP contribution in [0.4, 0.5) is 5.69 Å². The number of benzene rings is 2. The van der Waals surface area contributed by atoms with E-state index in [0.29, 0.717) is 0 Å². The third-order valence-corrected chi connectivity index (χ3v) is 4.04. The molecule has 3 rings (SSSR count). The van der Waals surface area contributed by atoms with Crippen molar-refractivity contribution in [1.29, 1.82) is 0 Å². The largest absolute Gasteiger partial charge is 0.367 e. The number of fused-ring (bicyclic) bond motifs is 1. The number of rotatable bonds is 3. The van der Waals surface area contributed by atoms with Crippen LogP contribution in [-0.4, -0.2) is 13.6 Å². The molecular formula is C18H22N2.